The molecule has 7 heteroatoms. The molecule has 0 bridgehead atoms. The zero-order chi connectivity index (χ0) is 13.9. The van der Waals surface area contributed by atoms with Gasteiger partial charge in [-0.25, -0.2) is 4.68 Å². The quantitative estimate of drug-likeness (QED) is 0.593. The Balaban J connectivity index is 3.21. The van der Waals surface area contributed by atoms with Gasteiger partial charge in [0.25, 0.3) is 0 Å². The van der Waals surface area contributed by atoms with E-state index < -0.39 is 10.5 Å². The maximum atomic E-state index is 11.2. The van der Waals surface area contributed by atoms with Crippen molar-refractivity contribution in [3.8, 4) is 0 Å². The van der Waals surface area contributed by atoms with Gasteiger partial charge < -0.3 is 10.4 Å². The minimum absolute atomic E-state index is 0.000810. The van der Waals surface area contributed by atoms with Gasteiger partial charge in [0, 0.05) is 7.05 Å². The van der Waals surface area contributed by atoms with E-state index in [0.29, 0.717) is 17.9 Å². The molecule has 0 spiro atoms. The third-order valence-electron chi connectivity index (χ3n) is 2.61. The van der Waals surface area contributed by atoms with Crippen LogP contribution in [0, 0.1) is 10.1 Å². The van der Waals surface area contributed by atoms with Gasteiger partial charge in [0.2, 0.25) is 5.82 Å². The number of nitrogens with zero attached hydrogens (tertiary/aromatic N) is 3. The first-order valence-corrected chi connectivity index (χ1v) is 5.91. The van der Waals surface area contributed by atoms with Crippen LogP contribution in [0.4, 0.5) is 11.5 Å². The molecule has 2 N–H and O–H groups in total. The Bertz CT molecular complexity index is 440. The summed E-state index contributed by atoms with van der Waals surface area (Å²) in [6.45, 7) is 5.36. The Morgan fingerprint density at radius 3 is 2.61 bits per heavy atom. The molecule has 102 valence electrons. The predicted molar refractivity (Wildman–Crippen MR) is 68.6 cm³/mol. The first-order chi connectivity index (χ1) is 8.32. The Kier molecular flexibility index (Phi) is 4.28. The fraction of sp³-hybridized carbons (Fsp3) is 0.727. The summed E-state index contributed by atoms with van der Waals surface area (Å²) < 4.78 is 1.46. The number of rotatable bonds is 6. The topological polar surface area (TPSA) is 93.2 Å². The number of aliphatic hydroxyl groups excluding tert-OH is 1. The van der Waals surface area contributed by atoms with E-state index in [4.69, 9.17) is 0 Å². The largest absolute Gasteiger partial charge is 0.394 e. The van der Waals surface area contributed by atoms with Crippen molar-refractivity contribution in [1.82, 2.24) is 9.78 Å². The van der Waals surface area contributed by atoms with E-state index in [9.17, 15) is 15.2 Å². The van der Waals surface area contributed by atoms with Gasteiger partial charge in [-0.2, -0.15) is 5.10 Å². The van der Waals surface area contributed by atoms with Crippen molar-refractivity contribution in [3.63, 3.8) is 0 Å². The van der Waals surface area contributed by atoms with Crippen LogP contribution in [0.5, 0.6) is 0 Å². The van der Waals surface area contributed by atoms with Gasteiger partial charge in [0.05, 0.1) is 17.1 Å². The second kappa shape index (κ2) is 5.34. The fourth-order valence-corrected chi connectivity index (χ4v) is 1.67. The van der Waals surface area contributed by atoms with Crippen LogP contribution in [0.3, 0.4) is 0 Å². The van der Waals surface area contributed by atoms with Gasteiger partial charge in [0.15, 0.2) is 0 Å². The molecular formula is C11H20N4O3. The molecule has 0 amide bonds. The van der Waals surface area contributed by atoms with Crippen molar-refractivity contribution < 1.29 is 10.0 Å². The molecule has 1 rings (SSSR count). The lowest BCUT2D eigenvalue weighted by Gasteiger charge is -2.24. The van der Waals surface area contributed by atoms with Gasteiger partial charge in [-0.1, -0.05) is 13.3 Å². The molecular weight excluding hydrogens is 236 g/mol. The lowest BCUT2D eigenvalue weighted by molar-refractivity contribution is -0.384. The number of nitro groups is 1. The van der Waals surface area contributed by atoms with Gasteiger partial charge in [-0.3, -0.25) is 10.1 Å². The average molecular weight is 256 g/mol. The lowest BCUT2D eigenvalue weighted by atomic mass is 10.1. The minimum Gasteiger partial charge on any atom is -0.394 e. The van der Waals surface area contributed by atoms with Gasteiger partial charge >= 0.3 is 5.69 Å². The van der Waals surface area contributed by atoms with Crippen LogP contribution in [0.15, 0.2) is 0 Å². The van der Waals surface area contributed by atoms with Crippen LogP contribution in [0.1, 0.15) is 32.9 Å². The highest BCUT2D eigenvalue weighted by Crippen LogP contribution is 2.30. The summed E-state index contributed by atoms with van der Waals surface area (Å²) in [5.41, 5.74) is -0.163. The van der Waals surface area contributed by atoms with Crippen molar-refractivity contribution >= 4 is 11.5 Å². The second-order valence-corrected chi connectivity index (χ2v) is 4.94. The molecule has 0 aliphatic rings. The molecule has 0 aliphatic heterocycles. The van der Waals surface area contributed by atoms with Crippen LogP contribution < -0.4 is 5.32 Å². The molecule has 0 unspecified atom stereocenters. The molecule has 0 fully saturated rings. The van der Waals surface area contributed by atoms with E-state index in [1.165, 1.54) is 4.68 Å². The summed E-state index contributed by atoms with van der Waals surface area (Å²) >= 11 is 0. The van der Waals surface area contributed by atoms with Crippen LogP contribution in [0.2, 0.25) is 0 Å². The zero-order valence-electron chi connectivity index (χ0n) is 11.2. The molecule has 7 nitrogen and oxygen atoms in total. The molecule has 0 atom stereocenters. The first kappa shape index (κ1) is 14.4. The van der Waals surface area contributed by atoms with Crippen molar-refractivity contribution in [3.05, 3.63) is 15.8 Å². The summed E-state index contributed by atoms with van der Waals surface area (Å²) in [6.07, 6.45) is 1.35. The number of nitrogens with one attached hydrogen (secondary N) is 1. The maximum Gasteiger partial charge on any atom is 0.334 e. The molecule has 0 saturated carbocycles. The van der Waals surface area contributed by atoms with Crippen LogP contribution >= 0.6 is 0 Å². The standard InChI is InChI=1S/C11H20N4O3/c1-5-6-8-9(15(17)18)10(14(4)13-8)12-11(2,3)7-16/h12,16H,5-7H2,1-4H3. The van der Waals surface area contributed by atoms with Gasteiger partial charge in [-0.05, 0) is 20.3 Å². The summed E-state index contributed by atoms with van der Waals surface area (Å²) in [5.74, 6) is 0.336. The molecule has 0 radical (unpaired) electrons. The van der Waals surface area contributed by atoms with Crippen molar-refractivity contribution in [2.24, 2.45) is 7.05 Å². The molecule has 1 aromatic heterocycles. The third kappa shape index (κ3) is 2.98. The Hall–Kier alpha value is -1.63. The normalized spacial score (nSPS) is 11.6. The Labute approximate surface area is 106 Å². The number of hydrogen-bond acceptors (Lipinski definition) is 5. The third-order valence-corrected chi connectivity index (χ3v) is 2.61. The summed E-state index contributed by atoms with van der Waals surface area (Å²) in [6, 6.07) is 0. The zero-order valence-corrected chi connectivity index (χ0v) is 11.2. The van der Waals surface area contributed by atoms with E-state index in [2.05, 4.69) is 10.4 Å². The molecule has 1 heterocycles. The van der Waals surface area contributed by atoms with Crippen molar-refractivity contribution in [1.29, 1.82) is 0 Å². The van der Waals surface area contributed by atoms with Gasteiger partial charge in [0.1, 0.15) is 5.69 Å². The van der Waals surface area contributed by atoms with E-state index in [1.54, 1.807) is 20.9 Å². The van der Waals surface area contributed by atoms with E-state index in [-0.39, 0.29) is 12.3 Å². The number of aryl methyl sites for hydroxylation is 2. The minimum atomic E-state index is -0.637. The highest BCUT2D eigenvalue weighted by Gasteiger charge is 2.29. The van der Waals surface area contributed by atoms with E-state index >= 15 is 0 Å². The molecule has 0 aliphatic carbocycles. The number of aliphatic hydroxyl groups is 1. The SMILES string of the molecule is CCCc1nn(C)c(NC(C)(C)CO)c1[N+](=O)[O-]. The highest BCUT2D eigenvalue weighted by atomic mass is 16.6. The molecule has 0 aromatic carbocycles. The highest BCUT2D eigenvalue weighted by molar-refractivity contribution is 5.61. The van der Waals surface area contributed by atoms with E-state index in [0.717, 1.165) is 6.42 Å². The van der Waals surface area contributed by atoms with Crippen LogP contribution in [0.25, 0.3) is 0 Å². The number of aromatic nitrogens is 2. The predicted octanol–water partition coefficient (Wildman–Crippen LogP) is 1.46. The lowest BCUT2D eigenvalue weighted by Crippen LogP contribution is -2.36. The van der Waals surface area contributed by atoms with Crippen molar-refractivity contribution in [2.45, 2.75) is 39.2 Å². The number of hydrogen-bond donors (Lipinski definition) is 2. The Morgan fingerprint density at radius 1 is 1.56 bits per heavy atom. The summed E-state index contributed by atoms with van der Waals surface area (Å²) in [7, 11) is 1.65. The second-order valence-electron chi connectivity index (χ2n) is 4.94. The molecule has 18 heavy (non-hydrogen) atoms. The van der Waals surface area contributed by atoms with E-state index in [1.807, 2.05) is 6.92 Å². The summed E-state index contributed by atoms with van der Waals surface area (Å²) in [4.78, 5) is 10.7. The van der Waals surface area contributed by atoms with Crippen LogP contribution in [-0.2, 0) is 13.5 Å². The van der Waals surface area contributed by atoms with Crippen molar-refractivity contribution in [2.75, 3.05) is 11.9 Å². The first-order valence-electron chi connectivity index (χ1n) is 5.91. The fourth-order valence-electron chi connectivity index (χ4n) is 1.67. The monoisotopic (exact) mass is 256 g/mol. The van der Waals surface area contributed by atoms with Gasteiger partial charge in [-0.15, -0.1) is 0 Å². The van der Waals surface area contributed by atoms with Crippen LogP contribution in [-0.4, -0.2) is 32.0 Å². The molecule has 1 aromatic rings. The maximum absolute atomic E-state index is 11.2. The number of anilines is 1. The average Bonchev–Trinajstić information content (AvgIpc) is 2.55. The smallest absolute Gasteiger partial charge is 0.334 e. The Morgan fingerprint density at radius 2 is 2.17 bits per heavy atom. The summed E-state index contributed by atoms with van der Waals surface area (Å²) in [5, 5.41) is 27.5. The molecule has 0 saturated heterocycles.